The molecule has 0 aliphatic heterocycles. The summed E-state index contributed by atoms with van der Waals surface area (Å²) in [4.78, 5) is 5.75. The molecule has 1 heterocycles. The van der Waals surface area contributed by atoms with Gasteiger partial charge in [-0.15, -0.1) is 0 Å². The average molecular weight is 208 g/mol. The maximum absolute atomic E-state index is 12.4. The molecule has 14 heavy (non-hydrogen) atoms. The SMILES string of the molecule is CC(C)c1[nH]c(CO)nc1C(F)(F)F. The molecule has 0 aliphatic rings. The fraction of sp³-hybridized carbons (Fsp3) is 0.625. The highest BCUT2D eigenvalue weighted by atomic mass is 19.4. The predicted octanol–water partition coefficient (Wildman–Crippen LogP) is 2.04. The van der Waals surface area contributed by atoms with Crippen molar-refractivity contribution in [3.05, 3.63) is 17.2 Å². The minimum Gasteiger partial charge on any atom is -0.388 e. The molecule has 6 heteroatoms. The summed E-state index contributed by atoms with van der Waals surface area (Å²) in [5.74, 6) is -0.361. The first-order chi connectivity index (χ1) is 6.36. The first-order valence-corrected chi connectivity index (χ1v) is 4.13. The van der Waals surface area contributed by atoms with E-state index >= 15 is 0 Å². The van der Waals surface area contributed by atoms with Gasteiger partial charge in [0.15, 0.2) is 5.69 Å². The molecule has 80 valence electrons. The van der Waals surface area contributed by atoms with Gasteiger partial charge in [-0.2, -0.15) is 13.2 Å². The molecule has 2 N–H and O–H groups in total. The van der Waals surface area contributed by atoms with E-state index in [0.717, 1.165) is 0 Å². The van der Waals surface area contributed by atoms with Crippen molar-refractivity contribution in [2.75, 3.05) is 0 Å². The van der Waals surface area contributed by atoms with Crippen LogP contribution in [0.15, 0.2) is 0 Å². The quantitative estimate of drug-likeness (QED) is 0.781. The monoisotopic (exact) mass is 208 g/mol. The van der Waals surface area contributed by atoms with Crippen molar-refractivity contribution in [3.8, 4) is 0 Å². The van der Waals surface area contributed by atoms with Crippen LogP contribution in [-0.4, -0.2) is 15.1 Å². The van der Waals surface area contributed by atoms with Crippen LogP contribution in [0.5, 0.6) is 0 Å². The molecular formula is C8H11F3N2O. The highest BCUT2D eigenvalue weighted by molar-refractivity contribution is 5.20. The van der Waals surface area contributed by atoms with Crippen LogP contribution in [0.4, 0.5) is 13.2 Å². The van der Waals surface area contributed by atoms with E-state index in [2.05, 4.69) is 9.97 Å². The van der Waals surface area contributed by atoms with Crippen LogP contribution in [0.2, 0.25) is 0 Å². The van der Waals surface area contributed by atoms with Gasteiger partial charge in [-0.05, 0) is 5.92 Å². The highest BCUT2D eigenvalue weighted by Gasteiger charge is 2.37. The Morgan fingerprint density at radius 2 is 2.00 bits per heavy atom. The van der Waals surface area contributed by atoms with Crippen molar-refractivity contribution in [3.63, 3.8) is 0 Å². The summed E-state index contributed by atoms with van der Waals surface area (Å²) in [6.45, 7) is 2.74. The average Bonchev–Trinajstić information content (AvgIpc) is 2.46. The van der Waals surface area contributed by atoms with E-state index in [-0.39, 0.29) is 17.4 Å². The van der Waals surface area contributed by atoms with Crippen LogP contribution in [0, 0.1) is 0 Å². The Kier molecular flexibility index (Phi) is 2.84. The number of aliphatic hydroxyl groups excluding tert-OH is 1. The van der Waals surface area contributed by atoms with E-state index in [1.807, 2.05) is 0 Å². The van der Waals surface area contributed by atoms with Crippen LogP contribution in [0.3, 0.4) is 0 Å². The number of hydrogen-bond acceptors (Lipinski definition) is 2. The van der Waals surface area contributed by atoms with E-state index in [9.17, 15) is 13.2 Å². The second kappa shape index (κ2) is 3.61. The minimum atomic E-state index is -4.47. The molecular weight excluding hydrogens is 197 g/mol. The third-order valence-electron chi connectivity index (χ3n) is 1.78. The Morgan fingerprint density at radius 3 is 2.29 bits per heavy atom. The number of alkyl halides is 3. The summed E-state index contributed by atoms with van der Waals surface area (Å²) in [5, 5.41) is 8.66. The Morgan fingerprint density at radius 1 is 1.43 bits per heavy atom. The molecule has 0 bridgehead atoms. The number of nitrogens with one attached hydrogen (secondary N) is 1. The van der Waals surface area contributed by atoms with E-state index in [1.165, 1.54) is 0 Å². The molecule has 0 atom stereocenters. The Balaban J connectivity index is 3.19. The van der Waals surface area contributed by atoms with Crippen molar-refractivity contribution >= 4 is 0 Å². The molecule has 0 saturated carbocycles. The molecule has 1 aromatic rings. The summed E-state index contributed by atoms with van der Waals surface area (Å²) in [6, 6.07) is 0. The first kappa shape index (κ1) is 11.0. The Bertz CT molecular complexity index is 317. The fourth-order valence-electron chi connectivity index (χ4n) is 1.15. The third kappa shape index (κ3) is 2.06. The smallest absolute Gasteiger partial charge is 0.388 e. The maximum atomic E-state index is 12.4. The van der Waals surface area contributed by atoms with E-state index < -0.39 is 18.5 Å². The fourth-order valence-corrected chi connectivity index (χ4v) is 1.15. The molecule has 0 amide bonds. The van der Waals surface area contributed by atoms with Crippen LogP contribution in [0.25, 0.3) is 0 Å². The lowest BCUT2D eigenvalue weighted by molar-refractivity contribution is -0.141. The second-order valence-electron chi connectivity index (χ2n) is 3.26. The molecule has 3 nitrogen and oxygen atoms in total. The lowest BCUT2D eigenvalue weighted by atomic mass is 10.1. The zero-order valence-corrected chi connectivity index (χ0v) is 7.81. The summed E-state index contributed by atoms with van der Waals surface area (Å²) in [6.07, 6.45) is -4.47. The number of imidazole rings is 1. The van der Waals surface area contributed by atoms with Crippen LogP contribution in [0.1, 0.15) is 37.0 Å². The first-order valence-electron chi connectivity index (χ1n) is 4.13. The number of aromatic amines is 1. The van der Waals surface area contributed by atoms with E-state index in [0.29, 0.717) is 0 Å². The summed E-state index contributed by atoms with van der Waals surface area (Å²) in [5.41, 5.74) is -0.918. The van der Waals surface area contributed by atoms with E-state index in [1.54, 1.807) is 13.8 Å². The Labute approximate surface area is 79.0 Å². The summed E-state index contributed by atoms with van der Waals surface area (Å²) < 4.78 is 37.2. The molecule has 0 spiro atoms. The molecule has 0 aromatic carbocycles. The topological polar surface area (TPSA) is 48.9 Å². The molecule has 0 unspecified atom stereocenters. The van der Waals surface area contributed by atoms with Crippen molar-refractivity contribution < 1.29 is 18.3 Å². The van der Waals surface area contributed by atoms with Gasteiger partial charge in [0, 0.05) is 5.69 Å². The van der Waals surface area contributed by atoms with Crippen LogP contribution >= 0.6 is 0 Å². The standard InChI is InChI=1S/C8H11F3N2O/c1-4(2)6-7(8(9,10)11)13-5(3-14)12-6/h4,14H,3H2,1-2H3,(H,12,13). The largest absolute Gasteiger partial charge is 0.435 e. The van der Waals surface area contributed by atoms with Gasteiger partial charge in [0.1, 0.15) is 12.4 Å². The Hall–Kier alpha value is -1.04. The van der Waals surface area contributed by atoms with Gasteiger partial charge >= 0.3 is 6.18 Å². The second-order valence-corrected chi connectivity index (χ2v) is 3.26. The van der Waals surface area contributed by atoms with E-state index in [4.69, 9.17) is 5.11 Å². The minimum absolute atomic E-state index is 0.0153. The lowest BCUT2D eigenvalue weighted by Crippen LogP contribution is -2.10. The zero-order chi connectivity index (χ0) is 10.9. The third-order valence-corrected chi connectivity index (χ3v) is 1.78. The molecule has 0 radical (unpaired) electrons. The summed E-state index contributed by atoms with van der Waals surface area (Å²) in [7, 11) is 0. The lowest BCUT2D eigenvalue weighted by Gasteiger charge is -2.07. The number of H-pyrrole nitrogens is 1. The molecule has 0 aliphatic carbocycles. The molecule has 1 aromatic heterocycles. The van der Waals surface area contributed by atoms with Gasteiger partial charge in [0.2, 0.25) is 0 Å². The maximum Gasteiger partial charge on any atom is 0.435 e. The van der Waals surface area contributed by atoms with Gasteiger partial charge in [-0.25, -0.2) is 4.98 Å². The van der Waals surface area contributed by atoms with Gasteiger partial charge < -0.3 is 10.1 Å². The number of halogens is 3. The van der Waals surface area contributed by atoms with Crippen molar-refractivity contribution in [1.29, 1.82) is 0 Å². The van der Waals surface area contributed by atoms with Crippen LogP contribution < -0.4 is 0 Å². The van der Waals surface area contributed by atoms with Crippen molar-refractivity contribution in [1.82, 2.24) is 9.97 Å². The zero-order valence-electron chi connectivity index (χ0n) is 7.81. The molecule has 0 saturated heterocycles. The van der Waals surface area contributed by atoms with Crippen molar-refractivity contribution in [2.24, 2.45) is 0 Å². The van der Waals surface area contributed by atoms with Crippen molar-refractivity contribution in [2.45, 2.75) is 32.5 Å². The number of rotatable bonds is 2. The molecule has 0 fully saturated rings. The highest BCUT2D eigenvalue weighted by Crippen LogP contribution is 2.33. The number of aromatic nitrogens is 2. The molecule has 1 rings (SSSR count). The predicted molar refractivity (Wildman–Crippen MR) is 43.6 cm³/mol. The normalized spacial score (nSPS) is 12.5. The number of aliphatic hydroxyl groups is 1. The van der Waals surface area contributed by atoms with Crippen LogP contribution in [-0.2, 0) is 12.8 Å². The number of hydrogen-bond donors (Lipinski definition) is 2. The van der Waals surface area contributed by atoms with Gasteiger partial charge in [-0.1, -0.05) is 13.8 Å². The van der Waals surface area contributed by atoms with Gasteiger partial charge in [0.05, 0.1) is 0 Å². The number of nitrogens with zero attached hydrogens (tertiary/aromatic N) is 1. The summed E-state index contributed by atoms with van der Waals surface area (Å²) >= 11 is 0. The van der Waals surface area contributed by atoms with Gasteiger partial charge in [-0.3, -0.25) is 0 Å². The van der Waals surface area contributed by atoms with Gasteiger partial charge in [0.25, 0.3) is 0 Å².